The zero-order valence-corrected chi connectivity index (χ0v) is 8.40. The van der Waals surface area contributed by atoms with Gasteiger partial charge in [-0.25, -0.2) is 0 Å². The van der Waals surface area contributed by atoms with Crippen molar-refractivity contribution in [2.24, 2.45) is 0 Å². The molecule has 1 fully saturated rings. The van der Waals surface area contributed by atoms with E-state index in [0.29, 0.717) is 12.4 Å². The van der Waals surface area contributed by atoms with Gasteiger partial charge in [0.2, 0.25) is 6.29 Å². The fourth-order valence-electron chi connectivity index (χ4n) is 0.856. The van der Waals surface area contributed by atoms with Crippen molar-refractivity contribution in [2.75, 3.05) is 6.61 Å². The van der Waals surface area contributed by atoms with Gasteiger partial charge in [-0.15, -0.1) is 0 Å². The summed E-state index contributed by atoms with van der Waals surface area (Å²) < 4.78 is 14.7. The average molecular weight is 192 g/mol. The molecule has 1 aromatic rings. The number of rotatable bonds is 3. The van der Waals surface area contributed by atoms with E-state index in [2.05, 4.69) is 4.65 Å². The molecule has 1 heterocycles. The molecule has 0 bridgehead atoms. The van der Waals surface area contributed by atoms with Gasteiger partial charge in [-0.2, -0.15) is 0 Å². The topological polar surface area (TPSA) is 31.0 Å². The lowest BCUT2D eigenvalue weighted by atomic mass is 10.3. The molecule has 0 aliphatic carbocycles. The van der Waals surface area contributed by atoms with E-state index in [1.807, 2.05) is 13.8 Å². The lowest BCUT2D eigenvalue weighted by Gasteiger charge is -2.03. The minimum absolute atomic E-state index is 0.0605. The van der Waals surface area contributed by atoms with Crippen molar-refractivity contribution in [1.82, 2.24) is 0 Å². The highest BCUT2D eigenvalue weighted by Crippen LogP contribution is 2.21. The molecule has 1 aromatic carbocycles. The Balaban J connectivity index is 0.000000461. The van der Waals surface area contributed by atoms with Gasteiger partial charge in [-0.3, -0.25) is 0 Å². The van der Waals surface area contributed by atoms with Crippen LogP contribution in [0.15, 0.2) is 24.3 Å². The third-order valence-electron chi connectivity index (χ3n) is 1.53. The van der Waals surface area contributed by atoms with Crippen LogP contribution in [-0.2, 0) is 4.74 Å². The van der Waals surface area contributed by atoms with Crippen LogP contribution in [0.3, 0.4) is 0 Å². The lowest BCUT2D eigenvalue weighted by Crippen LogP contribution is -1.97. The number of epoxide rings is 1. The highest BCUT2D eigenvalue weighted by molar-refractivity contribution is 5.99. The molecule has 1 aliphatic heterocycles. The second kappa shape index (κ2) is 5.55. The smallest absolute Gasteiger partial charge is 0.374 e. The molecule has 1 aliphatic rings. The van der Waals surface area contributed by atoms with Gasteiger partial charge in [0, 0.05) is 0 Å². The lowest BCUT2D eigenvalue weighted by molar-refractivity contribution is 0.179. The summed E-state index contributed by atoms with van der Waals surface area (Å²) in [6.45, 7) is 4.68. The molecule has 0 amide bonds. The summed E-state index contributed by atoms with van der Waals surface area (Å²) >= 11 is 0. The summed E-state index contributed by atoms with van der Waals surface area (Å²) in [6.07, 6.45) is -0.0605. The molecule has 1 saturated heterocycles. The molecular weight excluding hydrogens is 179 g/mol. The van der Waals surface area contributed by atoms with E-state index >= 15 is 0 Å². The van der Waals surface area contributed by atoms with Crippen LogP contribution in [0.2, 0.25) is 0 Å². The Morgan fingerprint density at radius 1 is 1.21 bits per heavy atom. The first-order valence-corrected chi connectivity index (χ1v) is 4.63. The van der Waals surface area contributed by atoms with Crippen LogP contribution in [0.1, 0.15) is 13.8 Å². The van der Waals surface area contributed by atoms with E-state index in [1.54, 1.807) is 24.3 Å². The highest BCUT2D eigenvalue weighted by atomic mass is 16.8. The van der Waals surface area contributed by atoms with Crippen LogP contribution < -0.4 is 9.39 Å². The van der Waals surface area contributed by atoms with Crippen molar-refractivity contribution in [2.45, 2.75) is 20.1 Å². The van der Waals surface area contributed by atoms with E-state index in [1.165, 1.54) is 0 Å². The number of hydrogen-bond donors (Lipinski definition) is 0. The molecule has 0 saturated carbocycles. The van der Waals surface area contributed by atoms with Gasteiger partial charge in [0.05, 0.1) is 5.75 Å². The average Bonchev–Trinajstić information content (AvgIpc) is 3.06. The third-order valence-corrected chi connectivity index (χ3v) is 1.53. The molecule has 0 spiro atoms. The Labute approximate surface area is 85.4 Å². The van der Waals surface area contributed by atoms with Crippen LogP contribution in [0.4, 0.5) is 0 Å². The van der Waals surface area contributed by atoms with Gasteiger partial charge in [-0.05, 0) is 24.3 Å². The first-order valence-electron chi connectivity index (χ1n) is 4.63. The maximum atomic E-state index is 5.31. The Hall–Kier alpha value is -1.16. The van der Waals surface area contributed by atoms with E-state index in [0.717, 1.165) is 5.75 Å². The zero-order valence-electron chi connectivity index (χ0n) is 8.40. The van der Waals surface area contributed by atoms with E-state index in [-0.39, 0.29) is 6.29 Å². The number of benzene rings is 1. The Kier molecular flexibility index (Phi) is 4.33. The van der Waals surface area contributed by atoms with Gasteiger partial charge in [0.25, 0.3) is 0 Å². The van der Waals surface area contributed by atoms with Crippen molar-refractivity contribution in [3.8, 4) is 11.5 Å². The molecular formula is C10H13BO3. The van der Waals surface area contributed by atoms with E-state index in [9.17, 15) is 0 Å². The van der Waals surface area contributed by atoms with E-state index in [4.69, 9.17) is 17.5 Å². The Morgan fingerprint density at radius 3 is 2.14 bits per heavy atom. The molecule has 1 unspecified atom stereocenters. The summed E-state index contributed by atoms with van der Waals surface area (Å²) in [5.74, 6) is 1.37. The molecule has 2 radical (unpaired) electrons. The Bertz CT molecular complexity index is 257. The van der Waals surface area contributed by atoms with Crippen LogP contribution in [-0.4, -0.2) is 20.9 Å². The molecule has 74 valence electrons. The van der Waals surface area contributed by atoms with Crippen molar-refractivity contribution in [3.05, 3.63) is 24.3 Å². The molecule has 0 aromatic heterocycles. The summed E-state index contributed by atoms with van der Waals surface area (Å²) in [5.41, 5.74) is 0. The monoisotopic (exact) mass is 192 g/mol. The minimum atomic E-state index is -0.0605. The fourth-order valence-corrected chi connectivity index (χ4v) is 0.856. The van der Waals surface area contributed by atoms with Gasteiger partial charge < -0.3 is 14.1 Å². The van der Waals surface area contributed by atoms with Crippen molar-refractivity contribution in [1.29, 1.82) is 0 Å². The Morgan fingerprint density at radius 2 is 1.71 bits per heavy atom. The standard InChI is InChI=1S/C8H7BO3.C2H6/c9-12-7-3-1-6(2-4-7)11-8-5-10-8;1-2/h1-4,8H,5H2;1-2H3. The second-order valence-electron chi connectivity index (χ2n) is 2.47. The summed E-state index contributed by atoms with van der Waals surface area (Å²) in [7, 11) is 4.95. The first-order chi connectivity index (χ1) is 6.88. The van der Waals surface area contributed by atoms with Gasteiger partial charge >= 0.3 is 8.05 Å². The minimum Gasteiger partial charge on any atom is -0.568 e. The second-order valence-corrected chi connectivity index (χ2v) is 2.47. The van der Waals surface area contributed by atoms with Crippen LogP contribution >= 0.6 is 0 Å². The van der Waals surface area contributed by atoms with E-state index < -0.39 is 0 Å². The normalized spacial score (nSPS) is 17.7. The summed E-state index contributed by atoms with van der Waals surface area (Å²) in [4.78, 5) is 0. The maximum Gasteiger partial charge on any atom is 0.374 e. The predicted molar refractivity (Wildman–Crippen MR) is 54.5 cm³/mol. The highest BCUT2D eigenvalue weighted by Gasteiger charge is 2.24. The molecule has 3 nitrogen and oxygen atoms in total. The number of hydrogen-bond acceptors (Lipinski definition) is 3. The summed E-state index contributed by atoms with van der Waals surface area (Å²) in [6, 6.07) is 7.03. The molecule has 4 heteroatoms. The fraction of sp³-hybridized carbons (Fsp3) is 0.400. The van der Waals surface area contributed by atoms with Crippen molar-refractivity contribution >= 4 is 8.05 Å². The predicted octanol–water partition coefficient (Wildman–Crippen LogP) is 1.91. The van der Waals surface area contributed by atoms with Crippen molar-refractivity contribution < 1.29 is 14.1 Å². The van der Waals surface area contributed by atoms with Gasteiger partial charge in [0.15, 0.2) is 0 Å². The summed E-state index contributed by atoms with van der Waals surface area (Å²) in [5, 5.41) is 0. The number of ether oxygens (including phenoxy) is 2. The molecule has 14 heavy (non-hydrogen) atoms. The maximum absolute atomic E-state index is 5.31. The first kappa shape index (κ1) is 10.9. The largest absolute Gasteiger partial charge is 0.568 e. The third kappa shape index (κ3) is 3.30. The van der Waals surface area contributed by atoms with Crippen LogP contribution in [0.5, 0.6) is 11.5 Å². The van der Waals surface area contributed by atoms with Crippen LogP contribution in [0, 0.1) is 0 Å². The van der Waals surface area contributed by atoms with Crippen LogP contribution in [0.25, 0.3) is 0 Å². The molecule has 0 N–H and O–H groups in total. The quantitative estimate of drug-likeness (QED) is 0.541. The molecule has 1 atom stereocenters. The van der Waals surface area contributed by atoms with Gasteiger partial charge in [-0.1, -0.05) is 13.8 Å². The SMILES string of the molecule is CC.[B]Oc1ccc(OC2CO2)cc1. The van der Waals surface area contributed by atoms with Crippen molar-refractivity contribution in [3.63, 3.8) is 0 Å². The molecule has 2 rings (SSSR count). The van der Waals surface area contributed by atoms with Gasteiger partial charge in [0.1, 0.15) is 12.4 Å². The zero-order chi connectivity index (χ0) is 10.4.